The lowest BCUT2D eigenvalue weighted by Crippen LogP contribution is -2.62. The highest BCUT2D eigenvalue weighted by atomic mass is 16.5. The molecular weight excluding hydrogens is 416 g/mol. The summed E-state index contributed by atoms with van der Waals surface area (Å²) in [5, 5.41) is 80.5. The molecule has 1 aliphatic carbocycles. The first-order valence-electron chi connectivity index (χ1n) is 10.2. The quantitative estimate of drug-likeness (QED) is 0.211. The maximum Gasteiger partial charge on any atom is 0.217 e. The monoisotopic (exact) mass is 446 g/mol. The second-order valence-corrected chi connectivity index (χ2v) is 8.16. The molecule has 10 atom stereocenters. The van der Waals surface area contributed by atoms with E-state index in [0.29, 0.717) is 0 Å². The zero-order chi connectivity index (χ0) is 22.9. The predicted molar refractivity (Wildman–Crippen MR) is 101 cm³/mol. The Morgan fingerprint density at radius 2 is 1.84 bits per heavy atom. The Kier molecular flexibility index (Phi) is 7.59. The van der Waals surface area contributed by atoms with Crippen LogP contribution in [0, 0.1) is 5.92 Å². The molecule has 1 aliphatic heterocycles. The van der Waals surface area contributed by atoms with Gasteiger partial charge in [0.05, 0.1) is 30.7 Å². The highest BCUT2D eigenvalue weighted by Gasteiger charge is 2.47. The van der Waals surface area contributed by atoms with Gasteiger partial charge in [0.15, 0.2) is 6.23 Å². The number of nitrogens with one attached hydrogen (secondary N) is 1. The predicted octanol–water partition coefficient (Wildman–Crippen LogP) is -4.04. The van der Waals surface area contributed by atoms with E-state index in [-0.39, 0.29) is 25.1 Å². The number of aromatic nitrogens is 3. The number of hydrogen-bond acceptors (Lipinski definition) is 11. The smallest absolute Gasteiger partial charge is 0.217 e. The highest BCUT2D eigenvalue weighted by Crippen LogP contribution is 2.38. The van der Waals surface area contributed by atoms with Gasteiger partial charge in [0, 0.05) is 19.4 Å². The Balaban J connectivity index is 1.87. The molecule has 8 N–H and O–H groups in total. The van der Waals surface area contributed by atoms with E-state index in [2.05, 4.69) is 15.6 Å². The van der Waals surface area contributed by atoms with Gasteiger partial charge in [-0.25, -0.2) is 4.68 Å². The second kappa shape index (κ2) is 9.83. The van der Waals surface area contributed by atoms with E-state index in [4.69, 9.17) is 4.74 Å². The summed E-state index contributed by atoms with van der Waals surface area (Å²) in [5.74, 6) is -1.65. The van der Waals surface area contributed by atoms with Crippen LogP contribution in [0.1, 0.15) is 37.6 Å². The van der Waals surface area contributed by atoms with E-state index < -0.39 is 73.2 Å². The van der Waals surface area contributed by atoms with Crippen LogP contribution in [0.25, 0.3) is 0 Å². The normalized spacial score (nSPS) is 41.2. The molecule has 13 nitrogen and oxygen atoms in total. The lowest BCUT2D eigenvalue weighted by atomic mass is 9.73. The molecule has 0 bridgehead atoms. The van der Waals surface area contributed by atoms with E-state index in [9.17, 15) is 40.5 Å². The lowest BCUT2D eigenvalue weighted by molar-refractivity contribution is -0.219. The number of hydrogen-bond donors (Lipinski definition) is 8. The van der Waals surface area contributed by atoms with Crippen LogP contribution in [0.5, 0.6) is 0 Å². The number of aliphatic hydroxyl groups excluding tert-OH is 7. The van der Waals surface area contributed by atoms with Gasteiger partial charge in [-0.1, -0.05) is 5.21 Å². The van der Waals surface area contributed by atoms with Gasteiger partial charge < -0.3 is 45.8 Å². The molecule has 0 unspecified atom stereocenters. The van der Waals surface area contributed by atoms with Gasteiger partial charge in [0.2, 0.25) is 5.91 Å². The molecule has 176 valence electrons. The molecule has 1 aromatic heterocycles. The Hall–Kier alpha value is -1.71. The third kappa shape index (κ3) is 4.73. The summed E-state index contributed by atoms with van der Waals surface area (Å²) in [6.45, 7) is 0.450. The summed E-state index contributed by atoms with van der Waals surface area (Å²) in [6, 6.07) is -1.10. The second-order valence-electron chi connectivity index (χ2n) is 8.16. The molecule has 13 heteroatoms. The average Bonchev–Trinajstić information content (AvgIpc) is 3.21. The Labute approximate surface area is 177 Å². The summed E-state index contributed by atoms with van der Waals surface area (Å²) >= 11 is 0. The number of nitrogens with zero attached hydrogens (tertiary/aromatic N) is 3. The molecule has 31 heavy (non-hydrogen) atoms. The van der Waals surface area contributed by atoms with Gasteiger partial charge in [-0.3, -0.25) is 4.79 Å². The molecule has 1 saturated carbocycles. The zero-order valence-electron chi connectivity index (χ0n) is 17.0. The van der Waals surface area contributed by atoms with Gasteiger partial charge in [0.1, 0.15) is 30.5 Å². The molecule has 0 aromatic carbocycles. The van der Waals surface area contributed by atoms with Gasteiger partial charge in [-0.05, 0) is 18.8 Å². The van der Waals surface area contributed by atoms with Crippen molar-refractivity contribution >= 4 is 5.91 Å². The van der Waals surface area contributed by atoms with Crippen LogP contribution >= 0.6 is 0 Å². The van der Waals surface area contributed by atoms with Crippen LogP contribution in [0.15, 0.2) is 6.20 Å². The van der Waals surface area contributed by atoms with Crippen LogP contribution in [0.3, 0.4) is 0 Å². The summed E-state index contributed by atoms with van der Waals surface area (Å²) in [5.41, 5.74) is 0.271. The minimum Gasteiger partial charge on any atom is -0.396 e. The number of ether oxygens (including phenoxy) is 1. The molecule has 1 aromatic rings. The van der Waals surface area contributed by atoms with Crippen molar-refractivity contribution in [3.63, 3.8) is 0 Å². The van der Waals surface area contributed by atoms with E-state index in [1.54, 1.807) is 0 Å². The maximum atomic E-state index is 11.6. The van der Waals surface area contributed by atoms with Crippen molar-refractivity contribution in [1.29, 1.82) is 0 Å². The molecular formula is C18H30N4O9. The number of carbonyl (C=O) groups is 1. The number of amides is 1. The summed E-state index contributed by atoms with van der Waals surface area (Å²) in [6.07, 6.45) is -7.24. The molecule has 2 heterocycles. The Morgan fingerprint density at radius 3 is 2.45 bits per heavy atom. The molecule has 2 aliphatic rings. The standard InChI is InChI=1S/C18H30N4O9/c1-7(25)19-12-16(29)15(28)11(6-24)31-18(12)22-5-10(20-21-22)9-4-8(2-3-23)13(26)17(30)14(9)27/h5,8-9,11-18,23-24,26-30H,2-4,6H2,1H3,(H,19,25)/t8-,9+,11+,12+,13+,14+,15+,16+,17-,18+/m0/s1. The summed E-state index contributed by atoms with van der Waals surface area (Å²) < 4.78 is 6.84. The molecule has 0 spiro atoms. The van der Waals surface area contributed by atoms with Crippen molar-refractivity contribution in [2.24, 2.45) is 5.92 Å². The number of aliphatic hydroxyl groups is 7. The molecule has 0 radical (unpaired) electrons. The Bertz CT molecular complexity index is 749. The fraction of sp³-hybridized carbons (Fsp3) is 0.833. The third-order valence-corrected chi connectivity index (χ3v) is 6.09. The third-order valence-electron chi connectivity index (χ3n) is 6.09. The van der Waals surface area contributed by atoms with Crippen molar-refractivity contribution in [2.45, 2.75) is 74.6 Å². The van der Waals surface area contributed by atoms with Gasteiger partial charge >= 0.3 is 0 Å². The highest BCUT2D eigenvalue weighted by molar-refractivity contribution is 5.73. The van der Waals surface area contributed by atoms with Crippen molar-refractivity contribution in [3.8, 4) is 0 Å². The first-order chi connectivity index (χ1) is 14.7. The van der Waals surface area contributed by atoms with Gasteiger partial charge in [-0.2, -0.15) is 0 Å². The Morgan fingerprint density at radius 1 is 1.13 bits per heavy atom. The first kappa shape index (κ1) is 23.9. The lowest BCUT2D eigenvalue weighted by Gasteiger charge is -2.42. The van der Waals surface area contributed by atoms with Crippen molar-refractivity contribution in [3.05, 3.63) is 11.9 Å². The number of rotatable bonds is 6. The molecule has 2 fully saturated rings. The fourth-order valence-electron chi connectivity index (χ4n) is 4.37. The van der Waals surface area contributed by atoms with Crippen LogP contribution in [0.2, 0.25) is 0 Å². The van der Waals surface area contributed by atoms with Crippen molar-refractivity contribution in [2.75, 3.05) is 13.2 Å². The fourth-order valence-corrected chi connectivity index (χ4v) is 4.37. The van der Waals surface area contributed by atoms with Crippen LogP contribution < -0.4 is 5.32 Å². The first-order valence-corrected chi connectivity index (χ1v) is 10.2. The average molecular weight is 446 g/mol. The van der Waals surface area contributed by atoms with E-state index in [1.807, 2.05) is 0 Å². The van der Waals surface area contributed by atoms with E-state index in [0.717, 1.165) is 0 Å². The van der Waals surface area contributed by atoms with Gasteiger partial charge in [-0.15, -0.1) is 5.10 Å². The topological polar surface area (TPSA) is 211 Å². The van der Waals surface area contributed by atoms with Crippen LogP contribution in [0.4, 0.5) is 0 Å². The SMILES string of the molecule is CC(=O)N[C@@H]1[C@@H](O)[C@H](O)[C@@H](CO)O[C@H]1n1cc([C@H]2C[C@H](CCO)[C@@H](O)[C@H](O)[C@@H]2O)nn1. The summed E-state index contributed by atoms with van der Waals surface area (Å²) in [7, 11) is 0. The minimum absolute atomic E-state index is 0.193. The van der Waals surface area contributed by atoms with Crippen molar-refractivity contribution in [1.82, 2.24) is 20.3 Å². The van der Waals surface area contributed by atoms with Gasteiger partial charge in [0.25, 0.3) is 0 Å². The van der Waals surface area contributed by atoms with E-state index >= 15 is 0 Å². The minimum atomic E-state index is -1.46. The number of carbonyl (C=O) groups excluding carboxylic acids is 1. The van der Waals surface area contributed by atoms with Crippen molar-refractivity contribution < 1.29 is 45.3 Å². The largest absolute Gasteiger partial charge is 0.396 e. The summed E-state index contributed by atoms with van der Waals surface area (Å²) in [4.78, 5) is 11.6. The molecule has 3 rings (SSSR count). The maximum absolute atomic E-state index is 11.6. The van der Waals surface area contributed by atoms with E-state index in [1.165, 1.54) is 17.8 Å². The van der Waals surface area contributed by atoms with Crippen LogP contribution in [-0.2, 0) is 9.53 Å². The van der Waals surface area contributed by atoms with Crippen LogP contribution in [-0.4, -0.2) is 113 Å². The molecule has 1 amide bonds. The zero-order valence-corrected chi connectivity index (χ0v) is 17.0. The molecule has 1 saturated heterocycles.